The van der Waals surface area contributed by atoms with Crippen molar-refractivity contribution in [1.29, 1.82) is 0 Å². The molecule has 0 radical (unpaired) electrons. The van der Waals surface area contributed by atoms with Gasteiger partial charge >= 0.3 is 0 Å². The van der Waals surface area contributed by atoms with Crippen molar-refractivity contribution in [3.8, 4) is 5.75 Å². The van der Waals surface area contributed by atoms with E-state index >= 15 is 0 Å². The summed E-state index contributed by atoms with van der Waals surface area (Å²) in [7, 11) is -1.89. The first-order valence-electron chi connectivity index (χ1n) is 15.8. The van der Waals surface area contributed by atoms with Gasteiger partial charge < -0.3 is 19.5 Å². The van der Waals surface area contributed by atoms with Crippen LogP contribution in [0.15, 0.2) is 77.7 Å². The number of carbonyl (C=O) groups is 1. The molecule has 0 unspecified atom stereocenters. The summed E-state index contributed by atoms with van der Waals surface area (Å²) in [4.78, 5) is 18.2. The lowest BCUT2D eigenvalue weighted by molar-refractivity contribution is -0.0177. The molecule has 2 N–H and O–H groups in total. The molecule has 0 saturated carbocycles. The number of anilines is 1. The molecule has 250 valence electrons. The number of benzene rings is 3. The zero-order valence-corrected chi connectivity index (χ0v) is 28.6. The lowest BCUT2D eigenvalue weighted by Gasteiger charge is -2.36. The van der Waals surface area contributed by atoms with E-state index in [9.17, 15) is 18.3 Å². The molecule has 3 aromatic rings. The van der Waals surface area contributed by atoms with Crippen LogP contribution in [0.2, 0.25) is 5.02 Å². The lowest BCUT2D eigenvalue weighted by atomic mass is 10.0. The maximum atomic E-state index is 14.3. The summed E-state index contributed by atoms with van der Waals surface area (Å²) in [6.45, 7) is 7.91. The molecule has 0 fully saturated rings. The second-order valence-corrected chi connectivity index (χ2v) is 14.4. The monoisotopic (exact) mass is 671 g/mol. The minimum atomic E-state index is -3.95. The van der Waals surface area contributed by atoms with Gasteiger partial charge in [-0.15, -0.1) is 0 Å². The summed E-state index contributed by atoms with van der Waals surface area (Å²) in [6.07, 6.45) is 2.16. The fourth-order valence-electron chi connectivity index (χ4n) is 5.54. The van der Waals surface area contributed by atoms with Crippen LogP contribution in [0.1, 0.15) is 56.0 Å². The first kappa shape index (κ1) is 35.7. The third-order valence-electron chi connectivity index (χ3n) is 8.21. The van der Waals surface area contributed by atoms with Gasteiger partial charge in [-0.25, -0.2) is 8.42 Å². The van der Waals surface area contributed by atoms with E-state index < -0.39 is 16.1 Å². The van der Waals surface area contributed by atoms with Gasteiger partial charge in [-0.3, -0.25) is 14.4 Å². The minimum Gasteiger partial charge on any atom is -0.490 e. The van der Waals surface area contributed by atoms with Crippen LogP contribution in [0.5, 0.6) is 5.75 Å². The Morgan fingerprint density at radius 1 is 1.07 bits per heavy atom. The van der Waals surface area contributed by atoms with Gasteiger partial charge in [0.2, 0.25) is 0 Å². The number of halogens is 1. The summed E-state index contributed by atoms with van der Waals surface area (Å²) >= 11 is 5.95. The summed E-state index contributed by atoms with van der Waals surface area (Å²) in [5.41, 5.74) is 1.64. The van der Waals surface area contributed by atoms with Crippen molar-refractivity contribution in [2.24, 2.45) is 5.92 Å². The molecule has 1 aliphatic rings. The maximum absolute atomic E-state index is 14.3. The van der Waals surface area contributed by atoms with Gasteiger partial charge in [0.25, 0.3) is 15.9 Å². The number of amides is 1. The van der Waals surface area contributed by atoms with Gasteiger partial charge in [0.15, 0.2) is 0 Å². The summed E-state index contributed by atoms with van der Waals surface area (Å²) < 4.78 is 41.6. The highest BCUT2D eigenvalue weighted by molar-refractivity contribution is 7.92. The Morgan fingerprint density at radius 3 is 2.48 bits per heavy atom. The third kappa shape index (κ3) is 9.92. The van der Waals surface area contributed by atoms with E-state index in [0.29, 0.717) is 30.5 Å². The molecule has 1 heterocycles. The molecule has 9 nitrogen and oxygen atoms in total. The molecular weight excluding hydrogens is 626 g/mol. The van der Waals surface area contributed by atoms with Crippen LogP contribution in [0.4, 0.5) is 5.69 Å². The highest BCUT2D eigenvalue weighted by Gasteiger charge is 2.30. The molecule has 4 atom stereocenters. The number of ether oxygens (including phenoxy) is 2. The van der Waals surface area contributed by atoms with Crippen molar-refractivity contribution in [2.45, 2.75) is 69.7 Å². The number of hydrogen-bond acceptors (Lipinski definition) is 7. The number of hydrogen-bond donors (Lipinski definition) is 2. The molecule has 0 bridgehead atoms. The summed E-state index contributed by atoms with van der Waals surface area (Å²) in [6, 6.07) is 20.3. The maximum Gasteiger partial charge on any atom is 0.261 e. The number of carbonyl (C=O) groups excluding carboxylic acids is 1. The van der Waals surface area contributed by atoms with Crippen LogP contribution in [-0.2, 0) is 21.3 Å². The predicted octanol–water partition coefficient (Wildman–Crippen LogP) is 6.07. The molecule has 0 aliphatic carbocycles. The Labute approximate surface area is 278 Å². The first-order valence-corrected chi connectivity index (χ1v) is 17.7. The van der Waals surface area contributed by atoms with E-state index in [1.807, 2.05) is 25.1 Å². The molecule has 1 aliphatic heterocycles. The summed E-state index contributed by atoms with van der Waals surface area (Å²) in [5.74, 6) is -0.0761. The number of nitrogens with zero attached hydrogens (tertiary/aromatic N) is 2. The second-order valence-electron chi connectivity index (χ2n) is 12.3. The number of sulfonamides is 1. The molecule has 46 heavy (non-hydrogen) atoms. The van der Waals surface area contributed by atoms with E-state index in [2.05, 4.69) is 35.7 Å². The van der Waals surface area contributed by atoms with Crippen molar-refractivity contribution in [1.82, 2.24) is 9.80 Å². The van der Waals surface area contributed by atoms with Crippen molar-refractivity contribution >= 4 is 33.2 Å². The van der Waals surface area contributed by atoms with Gasteiger partial charge in [0, 0.05) is 42.9 Å². The van der Waals surface area contributed by atoms with Gasteiger partial charge in [0.1, 0.15) is 5.75 Å². The molecule has 3 aromatic carbocycles. The van der Waals surface area contributed by atoms with Crippen LogP contribution in [0, 0.1) is 5.92 Å². The number of aliphatic hydroxyl groups excluding tert-OH is 1. The average molecular weight is 672 g/mol. The third-order valence-corrected chi connectivity index (χ3v) is 9.86. The first-order chi connectivity index (χ1) is 22.0. The van der Waals surface area contributed by atoms with Gasteiger partial charge in [-0.1, -0.05) is 48.9 Å². The van der Waals surface area contributed by atoms with E-state index in [-0.39, 0.29) is 46.8 Å². The van der Waals surface area contributed by atoms with Gasteiger partial charge in [0.05, 0.1) is 35.3 Å². The zero-order chi connectivity index (χ0) is 33.3. The van der Waals surface area contributed by atoms with Gasteiger partial charge in [-0.05, 0) is 88.2 Å². The van der Waals surface area contributed by atoms with Crippen molar-refractivity contribution in [2.75, 3.05) is 38.1 Å². The van der Waals surface area contributed by atoms with Crippen LogP contribution in [-0.4, -0.2) is 80.8 Å². The van der Waals surface area contributed by atoms with Crippen molar-refractivity contribution < 1.29 is 27.8 Å². The normalized spacial score (nSPS) is 20.8. The van der Waals surface area contributed by atoms with Crippen LogP contribution in [0.3, 0.4) is 0 Å². The molecule has 0 aromatic heterocycles. The van der Waals surface area contributed by atoms with Gasteiger partial charge in [-0.2, -0.15) is 0 Å². The van der Waals surface area contributed by atoms with E-state index in [1.165, 1.54) is 35.9 Å². The summed E-state index contributed by atoms with van der Waals surface area (Å²) in [5, 5.41) is 10.6. The highest BCUT2D eigenvalue weighted by Crippen LogP contribution is 2.30. The fourth-order valence-corrected chi connectivity index (χ4v) is 6.72. The molecule has 11 heteroatoms. The molecule has 0 saturated heterocycles. The van der Waals surface area contributed by atoms with Crippen LogP contribution in [0.25, 0.3) is 0 Å². The smallest absolute Gasteiger partial charge is 0.261 e. The van der Waals surface area contributed by atoms with E-state index in [4.69, 9.17) is 21.1 Å². The predicted molar refractivity (Wildman–Crippen MR) is 182 cm³/mol. The van der Waals surface area contributed by atoms with Crippen LogP contribution >= 0.6 is 11.6 Å². The number of fused-ring (bicyclic) bond motifs is 1. The molecule has 1 amide bonds. The SMILES string of the molecule is C[C@H](CO)N1C[C@H](C)[C@@H](CN(C)Cc2ccccc2)OCCCC[C@H](C)Oc2ccc(NS(=O)(=O)c3ccc(Cl)cc3)cc2C1=O. The Morgan fingerprint density at radius 2 is 1.78 bits per heavy atom. The van der Waals surface area contributed by atoms with Crippen molar-refractivity contribution in [3.63, 3.8) is 0 Å². The van der Waals surface area contributed by atoms with E-state index in [1.54, 1.807) is 24.0 Å². The number of aliphatic hydroxyl groups is 1. The Kier molecular flexibility index (Phi) is 12.9. The Hall–Kier alpha value is -3.15. The van der Waals surface area contributed by atoms with E-state index in [0.717, 1.165) is 25.8 Å². The Bertz CT molecular complexity index is 1520. The standard InChI is InChI=1S/C35H46ClN3O6S/c1-25-21-39(26(2)24-40)35(41)32-20-30(37-46(42,43)31-16-13-29(36)14-17-31)15-18-33(32)45-27(3)10-8-9-19-44-34(25)23-38(4)22-28-11-6-5-7-12-28/h5-7,11-18,20,25-27,34,37,40H,8-10,19,21-24H2,1-4H3/t25-,26+,27-,34+/m0/s1. The Balaban J connectivity index is 1.64. The number of nitrogens with one attached hydrogen (secondary N) is 1. The lowest BCUT2D eigenvalue weighted by Crippen LogP contribution is -2.47. The van der Waals surface area contributed by atoms with Crippen molar-refractivity contribution in [3.05, 3.63) is 88.9 Å². The molecule has 4 rings (SSSR count). The highest BCUT2D eigenvalue weighted by atomic mass is 35.5. The zero-order valence-electron chi connectivity index (χ0n) is 27.1. The van der Waals surface area contributed by atoms with Crippen LogP contribution < -0.4 is 9.46 Å². The fraction of sp³-hybridized carbons (Fsp3) is 0.457. The molecule has 0 spiro atoms. The largest absolute Gasteiger partial charge is 0.490 e. The average Bonchev–Trinajstić information content (AvgIpc) is 3.03. The second kappa shape index (κ2) is 16.6. The quantitative estimate of drug-likeness (QED) is 0.284. The molecular formula is C35H46ClN3O6S. The minimum absolute atomic E-state index is 0.0424. The number of rotatable bonds is 9. The topological polar surface area (TPSA) is 108 Å². The number of likely N-dealkylation sites (N-methyl/N-ethyl adjacent to an activating group) is 1.